The lowest BCUT2D eigenvalue weighted by Crippen LogP contribution is -2.54. The molecule has 1 amide bonds. The number of aromatic nitrogens is 1. The smallest absolute Gasteiger partial charge is 0.416 e. The minimum Gasteiger partial charge on any atom is -0.478 e. The van der Waals surface area contributed by atoms with Gasteiger partial charge in [0.1, 0.15) is 0 Å². The number of benzene rings is 1. The molecular formula is C20H24F3N3O4. The maximum absolute atomic E-state index is 12.9. The van der Waals surface area contributed by atoms with E-state index in [0.29, 0.717) is 25.0 Å². The highest BCUT2D eigenvalue weighted by Crippen LogP contribution is 2.30. The van der Waals surface area contributed by atoms with E-state index < -0.39 is 36.1 Å². The van der Waals surface area contributed by atoms with Crippen molar-refractivity contribution in [1.82, 2.24) is 15.2 Å². The van der Waals surface area contributed by atoms with Crippen molar-refractivity contribution in [3.8, 4) is 0 Å². The van der Waals surface area contributed by atoms with E-state index in [0.717, 1.165) is 16.6 Å². The Balaban J connectivity index is 1.71. The van der Waals surface area contributed by atoms with Crippen LogP contribution < -0.4 is 5.32 Å². The minimum absolute atomic E-state index is 0.131. The van der Waals surface area contributed by atoms with Crippen molar-refractivity contribution >= 4 is 22.8 Å². The zero-order valence-corrected chi connectivity index (χ0v) is 16.6. The summed E-state index contributed by atoms with van der Waals surface area (Å²) in [6, 6.07) is 3.59. The van der Waals surface area contributed by atoms with Gasteiger partial charge in [-0.3, -0.25) is 9.69 Å². The first-order chi connectivity index (χ1) is 14.0. The summed E-state index contributed by atoms with van der Waals surface area (Å²) in [6.07, 6.45) is -6.89. The first kappa shape index (κ1) is 22.1. The Bertz CT molecular complexity index is 955. The fourth-order valence-corrected chi connectivity index (χ4v) is 3.88. The molecule has 0 bridgehead atoms. The molecule has 1 aliphatic rings. The number of aromatic amines is 1. The van der Waals surface area contributed by atoms with Crippen molar-refractivity contribution in [2.24, 2.45) is 5.92 Å². The number of aliphatic hydroxyl groups excluding tert-OH is 1. The van der Waals surface area contributed by atoms with Gasteiger partial charge in [-0.15, -0.1) is 0 Å². The van der Waals surface area contributed by atoms with Crippen LogP contribution in [-0.4, -0.2) is 63.4 Å². The van der Waals surface area contributed by atoms with E-state index in [1.54, 1.807) is 11.0 Å². The van der Waals surface area contributed by atoms with Crippen LogP contribution in [0, 0.1) is 5.92 Å². The number of para-hydroxylation sites is 1. The predicted molar refractivity (Wildman–Crippen MR) is 103 cm³/mol. The van der Waals surface area contributed by atoms with Gasteiger partial charge >= 0.3 is 12.1 Å². The van der Waals surface area contributed by atoms with Gasteiger partial charge in [-0.1, -0.05) is 26.0 Å². The van der Waals surface area contributed by atoms with Crippen LogP contribution in [0.1, 0.15) is 35.5 Å². The van der Waals surface area contributed by atoms with Crippen LogP contribution in [-0.2, 0) is 17.8 Å². The second kappa shape index (κ2) is 8.27. The second-order valence-corrected chi connectivity index (χ2v) is 7.90. The van der Waals surface area contributed by atoms with E-state index in [1.165, 1.54) is 19.9 Å². The lowest BCUT2D eigenvalue weighted by atomic mass is 9.98. The third-order valence-electron chi connectivity index (χ3n) is 5.41. The standard InChI is InChI=1S/C20H24F3N3O4/c1-10(2)16(18(28)20(21,22)23)25-15(27)9-26-7-6-11-12-4-3-5-13(19(29)30)17(12)24-14(11)8-26/h3-5,10,16,18,24,28H,6-9H2,1-2H3,(H,25,27)(H,29,30). The van der Waals surface area contributed by atoms with Crippen LogP contribution in [0.25, 0.3) is 10.9 Å². The summed E-state index contributed by atoms with van der Waals surface area (Å²) < 4.78 is 38.6. The van der Waals surface area contributed by atoms with E-state index in [9.17, 15) is 33.0 Å². The number of rotatable bonds is 6. The molecule has 0 saturated carbocycles. The van der Waals surface area contributed by atoms with Crippen LogP contribution >= 0.6 is 0 Å². The molecule has 1 aromatic heterocycles. The third-order valence-corrected chi connectivity index (χ3v) is 5.41. The summed E-state index contributed by atoms with van der Waals surface area (Å²) in [5.41, 5.74) is 2.45. The molecule has 0 aliphatic carbocycles. The first-order valence-electron chi connectivity index (χ1n) is 9.61. The zero-order valence-electron chi connectivity index (χ0n) is 16.6. The van der Waals surface area contributed by atoms with Gasteiger partial charge in [-0.2, -0.15) is 13.2 Å². The first-order valence-corrected chi connectivity index (χ1v) is 9.61. The van der Waals surface area contributed by atoms with Gasteiger partial charge in [-0.25, -0.2) is 4.79 Å². The number of hydrogen-bond donors (Lipinski definition) is 4. The normalized spacial score (nSPS) is 17.0. The van der Waals surface area contributed by atoms with E-state index >= 15 is 0 Å². The number of fused-ring (bicyclic) bond motifs is 3. The van der Waals surface area contributed by atoms with Gasteiger partial charge in [0.2, 0.25) is 5.91 Å². The molecule has 2 unspecified atom stereocenters. The number of H-pyrrole nitrogens is 1. The fourth-order valence-electron chi connectivity index (χ4n) is 3.88. The average Bonchev–Trinajstić information content (AvgIpc) is 3.02. The topological polar surface area (TPSA) is 106 Å². The van der Waals surface area contributed by atoms with E-state index in [2.05, 4.69) is 10.3 Å². The van der Waals surface area contributed by atoms with Gasteiger partial charge in [0.15, 0.2) is 6.10 Å². The average molecular weight is 427 g/mol. The molecule has 7 nitrogen and oxygen atoms in total. The summed E-state index contributed by atoms with van der Waals surface area (Å²) >= 11 is 0. The Kier molecular flexibility index (Phi) is 6.09. The minimum atomic E-state index is -4.82. The molecule has 30 heavy (non-hydrogen) atoms. The number of carboxylic acids is 1. The number of halogens is 3. The molecule has 0 saturated heterocycles. The molecular weight excluding hydrogens is 403 g/mol. The molecule has 1 aromatic carbocycles. The summed E-state index contributed by atoms with van der Waals surface area (Å²) in [6.45, 7) is 3.70. The number of nitrogens with zero attached hydrogens (tertiary/aromatic N) is 1. The highest BCUT2D eigenvalue weighted by Gasteiger charge is 2.45. The molecule has 2 atom stereocenters. The SMILES string of the molecule is CC(C)C(NC(=O)CN1CCc2c([nH]c3c(C(=O)O)cccc23)C1)C(O)C(F)(F)F. The molecule has 4 N–H and O–H groups in total. The quantitative estimate of drug-likeness (QED) is 0.566. The van der Waals surface area contributed by atoms with Crippen LogP contribution in [0.3, 0.4) is 0 Å². The number of carbonyl (C=O) groups excluding carboxylic acids is 1. The monoisotopic (exact) mass is 427 g/mol. The molecule has 10 heteroatoms. The van der Waals surface area contributed by atoms with Crippen molar-refractivity contribution < 1.29 is 33.0 Å². The number of hydrogen-bond acceptors (Lipinski definition) is 4. The molecule has 0 radical (unpaired) electrons. The summed E-state index contributed by atoms with van der Waals surface area (Å²) in [5, 5.41) is 22.0. The highest BCUT2D eigenvalue weighted by molar-refractivity contribution is 6.03. The van der Waals surface area contributed by atoms with Gasteiger partial charge in [0.25, 0.3) is 0 Å². The molecule has 3 rings (SSSR count). The van der Waals surface area contributed by atoms with Crippen molar-refractivity contribution in [3.05, 3.63) is 35.0 Å². The Hall–Kier alpha value is -2.59. The van der Waals surface area contributed by atoms with Crippen molar-refractivity contribution in [2.75, 3.05) is 13.1 Å². The number of amides is 1. The maximum Gasteiger partial charge on any atom is 0.416 e. The van der Waals surface area contributed by atoms with Crippen LogP contribution in [0.5, 0.6) is 0 Å². The zero-order chi connectivity index (χ0) is 22.2. The number of nitrogens with one attached hydrogen (secondary N) is 2. The van der Waals surface area contributed by atoms with Gasteiger partial charge in [-0.05, 0) is 24.0 Å². The molecule has 0 spiro atoms. The Morgan fingerprint density at radius 3 is 2.60 bits per heavy atom. The Labute approximate surface area is 170 Å². The van der Waals surface area contributed by atoms with Crippen LogP contribution in [0.4, 0.5) is 13.2 Å². The maximum atomic E-state index is 12.9. The number of carbonyl (C=O) groups is 2. The van der Waals surface area contributed by atoms with Crippen molar-refractivity contribution in [3.63, 3.8) is 0 Å². The predicted octanol–water partition coefficient (Wildman–Crippen LogP) is 2.29. The third kappa shape index (κ3) is 4.44. The lowest BCUT2D eigenvalue weighted by Gasteiger charge is -2.31. The molecule has 1 aliphatic heterocycles. The molecule has 2 aromatic rings. The number of aliphatic hydroxyl groups is 1. The van der Waals surface area contributed by atoms with Crippen molar-refractivity contribution in [2.45, 2.75) is 45.1 Å². The Morgan fingerprint density at radius 1 is 1.30 bits per heavy atom. The van der Waals surface area contributed by atoms with Crippen molar-refractivity contribution in [1.29, 1.82) is 0 Å². The summed E-state index contributed by atoms with van der Waals surface area (Å²) in [4.78, 5) is 28.7. The number of alkyl halides is 3. The van der Waals surface area contributed by atoms with Crippen LogP contribution in [0.2, 0.25) is 0 Å². The Morgan fingerprint density at radius 2 is 2.00 bits per heavy atom. The summed E-state index contributed by atoms with van der Waals surface area (Å²) in [5.74, 6) is -2.26. The van der Waals surface area contributed by atoms with Crippen LogP contribution in [0.15, 0.2) is 18.2 Å². The van der Waals surface area contributed by atoms with E-state index in [4.69, 9.17) is 0 Å². The van der Waals surface area contributed by atoms with E-state index in [-0.39, 0.29) is 12.1 Å². The largest absolute Gasteiger partial charge is 0.478 e. The fraction of sp³-hybridized carbons (Fsp3) is 0.500. The highest BCUT2D eigenvalue weighted by atomic mass is 19.4. The van der Waals surface area contributed by atoms with E-state index in [1.807, 2.05) is 6.07 Å². The summed E-state index contributed by atoms with van der Waals surface area (Å²) in [7, 11) is 0. The molecule has 164 valence electrons. The molecule has 0 fully saturated rings. The second-order valence-electron chi connectivity index (χ2n) is 7.90. The molecule has 2 heterocycles. The van der Waals surface area contributed by atoms with Gasteiger partial charge in [0, 0.05) is 24.2 Å². The van der Waals surface area contributed by atoms with Gasteiger partial charge in [0.05, 0.1) is 23.7 Å². The number of aromatic carboxylic acids is 1. The lowest BCUT2D eigenvalue weighted by molar-refractivity contribution is -0.215. The van der Waals surface area contributed by atoms with Gasteiger partial charge < -0.3 is 20.5 Å². The number of carboxylic acid groups (broad SMARTS) is 1.